The third kappa shape index (κ3) is 5.90. The van der Waals surface area contributed by atoms with Crippen LogP contribution in [0.3, 0.4) is 0 Å². The zero-order valence-electron chi connectivity index (χ0n) is 10.5. The molecule has 0 spiro atoms. The van der Waals surface area contributed by atoms with Gasteiger partial charge in [-0.15, -0.1) is 0 Å². The normalized spacial score (nSPS) is 11.9. The van der Waals surface area contributed by atoms with E-state index in [2.05, 4.69) is 43.8 Å². The van der Waals surface area contributed by atoms with Crippen LogP contribution in [-0.2, 0) is 4.79 Å². The van der Waals surface area contributed by atoms with Gasteiger partial charge in [0.2, 0.25) is 0 Å². The van der Waals surface area contributed by atoms with Crippen molar-refractivity contribution in [3.05, 3.63) is 31.8 Å². The Morgan fingerprint density at radius 1 is 1.47 bits per heavy atom. The highest BCUT2D eigenvalue weighted by Gasteiger charge is 2.12. The van der Waals surface area contributed by atoms with E-state index < -0.39 is 5.97 Å². The predicted octanol–water partition coefficient (Wildman–Crippen LogP) is 3.28. The summed E-state index contributed by atoms with van der Waals surface area (Å²) in [5.74, 6) is -0.812. The Bertz CT molecular complexity index is 479. The fourth-order valence-electron chi connectivity index (χ4n) is 1.51. The van der Waals surface area contributed by atoms with Gasteiger partial charge in [-0.3, -0.25) is 9.59 Å². The maximum Gasteiger partial charge on any atom is 0.303 e. The highest BCUT2D eigenvalue weighted by molar-refractivity contribution is 14.1. The molecule has 0 aliphatic heterocycles. The first-order chi connectivity index (χ1) is 8.90. The lowest BCUT2D eigenvalue weighted by molar-refractivity contribution is -0.137. The van der Waals surface area contributed by atoms with Gasteiger partial charge in [-0.1, -0.05) is 6.92 Å². The Kier molecular flexibility index (Phi) is 6.78. The van der Waals surface area contributed by atoms with Crippen molar-refractivity contribution in [2.24, 2.45) is 5.92 Å². The summed E-state index contributed by atoms with van der Waals surface area (Å²) >= 11 is 5.50. The second kappa shape index (κ2) is 7.84. The lowest BCUT2D eigenvalue weighted by Gasteiger charge is -2.12. The summed E-state index contributed by atoms with van der Waals surface area (Å²) in [5.41, 5.74) is 0.595. The topological polar surface area (TPSA) is 66.4 Å². The minimum absolute atomic E-state index is 0.129. The standard InChI is InChI=1S/C13H15BrINO3/c1-8(2-5-12(17)18)7-16-13(19)10-6-9(15)3-4-11(10)14/h3-4,6,8H,2,5,7H2,1H3,(H,16,19)(H,17,18). The number of aliphatic carboxylic acids is 1. The number of rotatable bonds is 6. The number of hydrogen-bond donors (Lipinski definition) is 2. The Morgan fingerprint density at radius 2 is 2.16 bits per heavy atom. The van der Waals surface area contributed by atoms with Gasteiger partial charge >= 0.3 is 5.97 Å². The first-order valence-corrected chi connectivity index (χ1v) is 7.72. The van der Waals surface area contributed by atoms with E-state index in [1.54, 1.807) is 0 Å². The van der Waals surface area contributed by atoms with Gasteiger partial charge in [-0.25, -0.2) is 0 Å². The van der Waals surface area contributed by atoms with Crippen LogP contribution in [0.5, 0.6) is 0 Å². The first kappa shape index (κ1) is 16.4. The lowest BCUT2D eigenvalue weighted by atomic mass is 10.1. The van der Waals surface area contributed by atoms with Gasteiger partial charge in [0.1, 0.15) is 0 Å². The second-order valence-corrected chi connectivity index (χ2v) is 6.47. The van der Waals surface area contributed by atoms with Crippen LogP contribution in [-0.4, -0.2) is 23.5 Å². The highest BCUT2D eigenvalue weighted by Crippen LogP contribution is 2.19. The van der Waals surface area contributed by atoms with Crippen LogP contribution in [0.25, 0.3) is 0 Å². The lowest BCUT2D eigenvalue weighted by Crippen LogP contribution is -2.28. The van der Waals surface area contributed by atoms with Crippen molar-refractivity contribution < 1.29 is 14.7 Å². The number of hydrogen-bond acceptors (Lipinski definition) is 2. The molecule has 0 aliphatic carbocycles. The summed E-state index contributed by atoms with van der Waals surface area (Å²) < 4.78 is 1.74. The molecule has 6 heteroatoms. The molecule has 1 unspecified atom stereocenters. The number of benzene rings is 1. The molecule has 1 rings (SSSR count). The average molecular weight is 440 g/mol. The molecule has 19 heavy (non-hydrogen) atoms. The number of amides is 1. The molecule has 0 heterocycles. The minimum atomic E-state index is -0.807. The Labute approximate surface area is 134 Å². The highest BCUT2D eigenvalue weighted by atomic mass is 127. The number of halogens is 2. The summed E-state index contributed by atoms with van der Waals surface area (Å²) in [6.07, 6.45) is 0.688. The Morgan fingerprint density at radius 3 is 2.79 bits per heavy atom. The van der Waals surface area contributed by atoms with Crippen molar-refractivity contribution in [1.82, 2.24) is 5.32 Å². The van der Waals surface area contributed by atoms with Crippen LogP contribution < -0.4 is 5.32 Å². The van der Waals surface area contributed by atoms with Gasteiger partial charge in [-0.2, -0.15) is 0 Å². The summed E-state index contributed by atoms with van der Waals surface area (Å²) in [4.78, 5) is 22.5. The third-order valence-electron chi connectivity index (χ3n) is 2.64. The number of carbonyl (C=O) groups excluding carboxylic acids is 1. The summed E-state index contributed by atoms with van der Waals surface area (Å²) in [6, 6.07) is 5.56. The molecule has 104 valence electrons. The van der Waals surface area contributed by atoms with Crippen molar-refractivity contribution in [2.75, 3.05) is 6.54 Å². The second-order valence-electron chi connectivity index (χ2n) is 4.37. The van der Waals surface area contributed by atoms with Crippen molar-refractivity contribution in [2.45, 2.75) is 19.8 Å². The van der Waals surface area contributed by atoms with E-state index in [1.165, 1.54) is 0 Å². The monoisotopic (exact) mass is 439 g/mol. The van der Waals surface area contributed by atoms with Gasteiger partial charge in [0.15, 0.2) is 0 Å². The van der Waals surface area contributed by atoms with Gasteiger partial charge in [0, 0.05) is 21.0 Å². The van der Waals surface area contributed by atoms with E-state index in [1.807, 2.05) is 25.1 Å². The number of carboxylic acid groups (broad SMARTS) is 1. The van der Waals surface area contributed by atoms with Crippen LogP contribution in [0, 0.1) is 9.49 Å². The van der Waals surface area contributed by atoms with Crippen LogP contribution in [0.2, 0.25) is 0 Å². The summed E-state index contributed by atoms with van der Waals surface area (Å²) in [5, 5.41) is 11.4. The molecule has 1 amide bonds. The minimum Gasteiger partial charge on any atom is -0.481 e. The molecule has 0 radical (unpaired) electrons. The number of nitrogens with one attached hydrogen (secondary N) is 1. The van der Waals surface area contributed by atoms with E-state index in [-0.39, 0.29) is 18.2 Å². The average Bonchev–Trinajstić information content (AvgIpc) is 2.36. The smallest absolute Gasteiger partial charge is 0.303 e. The molecular weight excluding hydrogens is 425 g/mol. The van der Waals surface area contributed by atoms with Crippen LogP contribution in [0.4, 0.5) is 0 Å². The molecule has 0 bridgehead atoms. The maximum absolute atomic E-state index is 12.0. The zero-order chi connectivity index (χ0) is 14.4. The third-order valence-corrected chi connectivity index (χ3v) is 4.00. The molecule has 1 aromatic rings. The quantitative estimate of drug-likeness (QED) is 0.668. The fraction of sp³-hybridized carbons (Fsp3) is 0.385. The van der Waals surface area contributed by atoms with Crippen molar-refractivity contribution in [3.63, 3.8) is 0 Å². The molecule has 1 aromatic carbocycles. The van der Waals surface area contributed by atoms with Crippen LogP contribution in [0.15, 0.2) is 22.7 Å². The molecule has 2 N–H and O–H groups in total. The van der Waals surface area contributed by atoms with E-state index >= 15 is 0 Å². The molecular formula is C13H15BrINO3. The van der Waals surface area contributed by atoms with Gasteiger partial charge < -0.3 is 10.4 Å². The fourth-order valence-corrected chi connectivity index (χ4v) is 2.42. The first-order valence-electron chi connectivity index (χ1n) is 5.85. The molecule has 4 nitrogen and oxygen atoms in total. The van der Waals surface area contributed by atoms with Gasteiger partial charge in [-0.05, 0) is 69.1 Å². The van der Waals surface area contributed by atoms with Crippen molar-refractivity contribution >= 4 is 50.4 Å². The molecule has 0 saturated carbocycles. The molecule has 0 aliphatic rings. The summed E-state index contributed by atoms with van der Waals surface area (Å²) in [7, 11) is 0. The Hall–Kier alpha value is -0.630. The zero-order valence-corrected chi connectivity index (χ0v) is 14.2. The molecule has 0 aromatic heterocycles. The van der Waals surface area contributed by atoms with Crippen LogP contribution in [0.1, 0.15) is 30.1 Å². The van der Waals surface area contributed by atoms with E-state index in [0.717, 1.165) is 8.04 Å². The largest absolute Gasteiger partial charge is 0.481 e. The van der Waals surface area contributed by atoms with Crippen molar-refractivity contribution in [1.29, 1.82) is 0 Å². The van der Waals surface area contributed by atoms with E-state index in [0.29, 0.717) is 18.5 Å². The number of carboxylic acids is 1. The SMILES string of the molecule is CC(CCC(=O)O)CNC(=O)c1cc(I)ccc1Br. The summed E-state index contributed by atoms with van der Waals surface area (Å²) in [6.45, 7) is 2.40. The molecule has 0 fully saturated rings. The van der Waals surface area contributed by atoms with Gasteiger partial charge in [0.25, 0.3) is 5.91 Å². The van der Waals surface area contributed by atoms with Crippen LogP contribution >= 0.6 is 38.5 Å². The molecule has 1 atom stereocenters. The molecule has 0 saturated heterocycles. The maximum atomic E-state index is 12.0. The van der Waals surface area contributed by atoms with Crippen molar-refractivity contribution in [3.8, 4) is 0 Å². The predicted molar refractivity (Wildman–Crippen MR) is 85.2 cm³/mol. The van der Waals surface area contributed by atoms with Gasteiger partial charge in [0.05, 0.1) is 5.56 Å². The van der Waals surface area contributed by atoms with E-state index in [4.69, 9.17) is 5.11 Å². The van der Waals surface area contributed by atoms with E-state index in [9.17, 15) is 9.59 Å². The Balaban J connectivity index is 2.51. The number of carbonyl (C=O) groups is 2.